The number of hydrogen-bond donors (Lipinski definition) is 0. The topological polar surface area (TPSA) is 0 Å². The van der Waals surface area contributed by atoms with Crippen LogP contribution in [0.15, 0.2) is 0 Å². The summed E-state index contributed by atoms with van der Waals surface area (Å²) in [4.78, 5) is -1.84. The second-order valence-corrected chi connectivity index (χ2v) is 1.81. The van der Waals surface area contributed by atoms with Gasteiger partial charge in [-0.2, -0.15) is 0 Å². The molecule has 0 amide bonds. The summed E-state index contributed by atoms with van der Waals surface area (Å²) in [7, 11) is 0. The van der Waals surface area contributed by atoms with Gasteiger partial charge < -0.3 is 0 Å². The number of rotatable bonds is 3. The Morgan fingerprint density at radius 1 is 1.25 bits per heavy atom. The number of quaternary nitrogens is 1. The van der Waals surface area contributed by atoms with Crippen molar-refractivity contribution in [3.63, 3.8) is 0 Å². The molecule has 0 aromatic rings. The van der Waals surface area contributed by atoms with Gasteiger partial charge >= 0.3 is 0 Å². The highest BCUT2D eigenvalue weighted by Crippen LogP contribution is 2.08. The maximum Gasteiger partial charge on any atom is 0.155 e. The first-order chi connectivity index (χ1) is 3.62. The summed E-state index contributed by atoms with van der Waals surface area (Å²) in [5.74, 6) is 0. The van der Waals surface area contributed by atoms with Crippen LogP contribution in [0.1, 0.15) is 20.3 Å². The highest BCUT2D eigenvalue weighted by atomic mass is 19.4. The number of halogens is 2. The zero-order valence-corrected chi connectivity index (χ0v) is 5.32. The monoisotopic (exact) mass is 124 g/mol. The van der Waals surface area contributed by atoms with Crippen LogP contribution in [-0.4, -0.2) is 18.0 Å². The smallest absolute Gasteiger partial charge is 0.0598 e. The van der Waals surface area contributed by atoms with Crippen LogP contribution in [0.2, 0.25) is 0 Å². The minimum atomic E-state index is -1.84. The van der Waals surface area contributed by atoms with Crippen LogP contribution in [0, 0.1) is 0 Å². The third kappa shape index (κ3) is 2.91. The number of nitrogens with zero attached hydrogens (tertiary/aromatic N) is 1. The lowest BCUT2D eigenvalue weighted by Gasteiger charge is -2.08. The summed E-state index contributed by atoms with van der Waals surface area (Å²) in [5, 5.41) is 0. The molecule has 0 fully saturated rings. The fourth-order valence-electron chi connectivity index (χ4n) is 0.485. The average Bonchev–Trinajstić information content (AvgIpc) is 1.67. The van der Waals surface area contributed by atoms with Crippen molar-refractivity contribution in [1.29, 1.82) is 0 Å². The SMILES string of the molecule is CCC[N+](F)(F)CC. The molecule has 3 heteroatoms. The lowest BCUT2D eigenvalue weighted by molar-refractivity contribution is -1.17. The molecule has 0 aromatic carbocycles. The molecule has 0 saturated carbocycles. The predicted octanol–water partition coefficient (Wildman–Crippen LogP) is 2.00. The molecule has 0 radical (unpaired) electrons. The molecule has 0 atom stereocenters. The Bertz CT molecular complexity index is 63.4. The molecule has 0 aliphatic rings. The van der Waals surface area contributed by atoms with E-state index in [4.69, 9.17) is 0 Å². The summed E-state index contributed by atoms with van der Waals surface area (Å²) in [6.07, 6.45) is 0.542. The molecule has 0 unspecified atom stereocenters. The highest BCUT2D eigenvalue weighted by Gasteiger charge is 2.24. The predicted molar refractivity (Wildman–Crippen MR) is 28.2 cm³/mol. The van der Waals surface area contributed by atoms with Crippen molar-refractivity contribution in [2.45, 2.75) is 20.3 Å². The maximum absolute atomic E-state index is 12.1. The van der Waals surface area contributed by atoms with Crippen molar-refractivity contribution in [2.24, 2.45) is 0 Å². The molecule has 0 aliphatic carbocycles. The number of hydrogen-bond acceptors (Lipinski definition) is 0. The highest BCUT2D eigenvalue weighted by molar-refractivity contribution is 4.18. The lowest BCUT2D eigenvalue weighted by Crippen LogP contribution is -2.29. The van der Waals surface area contributed by atoms with Crippen LogP contribution in [0.5, 0.6) is 0 Å². The van der Waals surface area contributed by atoms with Gasteiger partial charge in [0.2, 0.25) is 0 Å². The minimum absolute atomic E-state index is 0.0312. The van der Waals surface area contributed by atoms with E-state index >= 15 is 0 Å². The van der Waals surface area contributed by atoms with E-state index in [9.17, 15) is 8.96 Å². The molecule has 8 heavy (non-hydrogen) atoms. The van der Waals surface area contributed by atoms with Crippen LogP contribution in [0.3, 0.4) is 0 Å². The molecule has 50 valence electrons. The first kappa shape index (κ1) is 7.82. The van der Waals surface area contributed by atoms with Gasteiger partial charge in [-0.3, -0.25) is 0 Å². The summed E-state index contributed by atoms with van der Waals surface area (Å²) in [6, 6.07) is 0. The Kier molecular flexibility index (Phi) is 2.90. The first-order valence-electron chi connectivity index (χ1n) is 2.88. The normalized spacial score (nSPS) is 12.0. The Morgan fingerprint density at radius 2 is 1.75 bits per heavy atom. The average molecular weight is 124 g/mol. The largest absolute Gasteiger partial charge is 0.155 e. The maximum atomic E-state index is 12.1. The molecule has 0 spiro atoms. The van der Waals surface area contributed by atoms with E-state index in [1.54, 1.807) is 6.92 Å². The summed E-state index contributed by atoms with van der Waals surface area (Å²) >= 11 is 0. The van der Waals surface area contributed by atoms with Gasteiger partial charge in [-0.25, -0.2) is 0 Å². The van der Waals surface area contributed by atoms with Gasteiger partial charge in [0.15, 0.2) is 13.1 Å². The fourth-order valence-corrected chi connectivity index (χ4v) is 0.485. The second kappa shape index (κ2) is 2.97. The van der Waals surface area contributed by atoms with Crippen LogP contribution < -0.4 is 0 Å². The van der Waals surface area contributed by atoms with Crippen molar-refractivity contribution in [3.05, 3.63) is 0 Å². The van der Waals surface area contributed by atoms with E-state index in [0.717, 1.165) is 0 Å². The first-order valence-corrected chi connectivity index (χ1v) is 2.88. The molecule has 0 heterocycles. The quantitative estimate of drug-likeness (QED) is 0.505. The van der Waals surface area contributed by atoms with E-state index in [2.05, 4.69) is 0 Å². The summed E-state index contributed by atoms with van der Waals surface area (Å²) in [5.41, 5.74) is 0. The molecular weight excluding hydrogens is 112 g/mol. The van der Waals surface area contributed by atoms with Crippen molar-refractivity contribution in [3.8, 4) is 0 Å². The van der Waals surface area contributed by atoms with Crippen LogP contribution in [0.4, 0.5) is 8.96 Å². The Labute approximate surface area is 48.4 Å². The van der Waals surface area contributed by atoms with Gasteiger partial charge in [0.05, 0.1) is 4.93 Å². The Balaban J connectivity index is 3.37. The standard InChI is InChI=1S/C5H12F2N/c1-3-5-8(6,7)4-2/h3-5H2,1-2H3/q+1. The van der Waals surface area contributed by atoms with Gasteiger partial charge in [0, 0.05) is 15.4 Å². The van der Waals surface area contributed by atoms with Crippen molar-refractivity contribution >= 4 is 0 Å². The molecule has 0 bridgehead atoms. The van der Waals surface area contributed by atoms with Gasteiger partial charge in [-0.05, 0) is 6.92 Å². The summed E-state index contributed by atoms with van der Waals surface area (Å²) in [6.45, 7) is 3.11. The molecule has 0 rings (SSSR count). The Morgan fingerprint density at radius 3 is 1.88 bits per heavy atom. The molecule has 0 aromatic heterocycles. The van der Waals surface area contributed by atoms with E-state index in [1.807, 2.05) is 0 Å². The molecule has 0 saturated heterocycles. The molecule has 0 aliphatic heterocycles. The van der Waals surface area contributed by atoms with Crippen LogP contribution in [-0.2, 0) is 0 Å². The van der Waals surface area contributed by atoms with Crippen molar-refractivity contribution < 1.29 is 13.9 Å². The van der Waals surface area contributed by atoms with E-state index < -0.39 is 4.93 Å². The van der Waals surface area contributed by atoms with E-state index in [0.29, 0.717) is 6.42 Å². The third-order valence-corrected chi connectivity index (χ3v) is 1.01. The van der Waals surface area contributed by atoms with Crippen molar-refractivity contribution in [1.82, 2.24) is 0 Å². The van der Waals surface area contributed by atoms with Gasteiger partial charge in [0.25, 0.3) is 0 Å². The van der Waals surface area contributed by atoms with Gasteiger partial charge in [-0.1, -0.05) is 6.92 Å². The third-order valence-electron chi connectivity index (χ3n) is 1.01. The van der Waals surface area contributed by atoms with E-state index in [1.165, 1.54) is 6.92 Å². The molecular formula is C5H12F2N+. The fraction of sp³-hybridized carbons (Fsp3) is 1.00. The minimum Gasteiger partial charge on any atom is -0.0598 e. The molecule has 0 N–H and O–H groups in total. The van der Waals surface area contributed by atoms with Crippen LogP contribution in [0.25, 0.3) is 0 Å². The zero-order valence-electron chi connectivity index (χ0n) is 5.32. The lowest BCUT2D eigenvalue weighted by atomic mass is 10.5. The summed E-state index contributed by atoms with van der Waals surface area (Å²) < 4.78 is 24.2. The van der Waals surface area contributed by atoms with Gasteiger partial charge in [-0.15, -0.1) is 0 Å². The van der Waals surface area contributed by atoms with E-state index in [-0.39, 0.29) is 13.1 Å². The second-order valence-electron chi connectivity index (χ2n) is 1.81. The molecule has 1 nitrogen and oxygen atoms in total. The zero-order chi connectivity index (χ0) is 6.62. The van der Waals surface area contributed by atoms with Crippen molar-refractivity contribution in [2.75, 3.05) is 13.1 Å². The van der Waals surface area contributed by atoms with Gasteiger partial charge in [0.1, 0.15) is 0 Å². The Hall–Kier alpha value is -0.180. The van der Waals surface area contributed by atoms with Crippen LogP contribution >= 0.6 is 0 Å².